The summed E-state index contributed by atoms with van der Waals surface area (Å²) in [5, 5.41) is 22.2. The number of esters is 2. The number of carbonyl (C=O) groups excluding carboxylic acids is 2. The molecule has 272 valence electrons. The van der Waals surface area contributed by atoms with Crippen molar-refractivity contribution in [1.82, 2.24) is 14.5 Å². The van der Waals surface area contributed by atoms with Crippen molar-refractivity contribution in [3.8, 4) is 17.1 Å². The van der Waals surface area contributed by atoms with Gasteiger partial charge in [0.25, 0.3) is 5.56 Å². The summed E-state index contributed by atoms with van der Waals surface area (Å²) in [6.45, 7) is 2.60. The third-order valence-electron chi connectivity index (χ3n) is 9.80. The fraction of sp³-hybridized carbons (Fsp3) is 0.250. The molecule has 0 aliphatic carbocycles. The van der Waals surface area contributed by atoms with Gasteiger partial charge in [-0.2, -0.15) is 0 Å². The predicted molar refractivity (Wildman–Crippen MR) is 197 cm³/mol. The summed E-state index contributed by atoms with van der Waals surface area (Å²) in [6, 6.07) is 22.9. The molecule has 0 amide bonds. The van der Waals surface area contributed by atoms with E-state index in [0.717, 1.165) is 33.2 Å². The van der Waals surface area contributed by atoms with Gasteiger partial charge < -0.3 is 29.2 Å². The summed E-state index contributed by atoms with van der Waals surface area (Å²) in [5.41, 5.74) is 4.93. The molecule has 5 aromatic rings. The fourth-order valence-electron chi connectivity index (χ4n) is 7.02. The zero-order chi connectivity index (χ0) is 37.8. The van der Waals surface area contributed by atoms with Crippen LogP contribution < -0.4 is 5.56 Å². The Hall–Kier alpha value is -5.63. The average molecular weight is 736 g/mol. The number of hydrogen-bond donors (Lipinski definition) is 2. The number of cyclic esters (lactones) is 2. The number of rotatable bonds is 6. The minimum absolute atomic E-state index is 0.104. The fourth-order valence-corrected chi connectivity index (χ4v) is 7.65. The van der Waals surface area contributed by atoms with Crippen LogP contribution in [0.3, 0.4) is 0 Å². The zero-order valence-corrected chi connectivity index (χ0v) is 30.4. The summed E-state index contributed by atoms with van der Waals surface area (Å²) in [5.74, 6) is -0.886. The monoisotopic (exact) mass is 735 g/mol. The molecule has 3 aliphatic rings. The lowest BCUT2D eigenvalue weighted by Crippen LogP contribution is -2.44. The van der Waals surface area contributed by atoms with Gasteiger partial charge in [-0.25, -0.2) is 23.0 Å². The number of ether oxygens (including phenoxy) is 2. The molecule has 0 saturated heterocycles. The van der Waals surface area contributed by atoms with Crippen LogP contribution >= 0.6 is 0 Å². The number of aliphatic hydroxyl groups is 1. The number of hydrogen-bond acceptors (Lipinski definition) is 11. The van der Waals surface area contributed by atoms with E-state index in [1.165, 1.54) is 6.26 Å². The Balaban J connectivity index is 0.000000174. The van der Waals surface area contributed by atoms with E-state index >= 15 is 0 Å². The molecule has 8 rings (SSSR count). The van der Waals surface area contributed by atoms with Gasteiger partial charge in [0.15, 0.2) is 15.4 Å². The maximum atomic E-state index is 13.2. The molecule has 0 unspecified atom stereocenters. The SMILES string of the molecule is CC[C@@]1(O)C(=O)OCc2c1cc1n(c2=O)Cc2cc3c(CN(C)C)c(O)ccc3nc2-1.CS(=O)(=O)c1ccc(C2=C(c3ccccc3)C(=O)OC2)cc1. The topological polar surface area (TPSA) is 165 Å². The maximum absolute atomic E-state index is 13.2. The first-order valence-corrected chi connectivity index (χ1v) is 18.8. The standard InChI is InChI=1S/C23H23N3O5.C17H14O4S/c1-4-23(30)16-8-18-20-12(9-26(18)21(28)15(16)11-31-22(23)29)7-13-14(10-25(2)3)19(27)6-5-17(13)24-20;1-22(19,20)14-9-7-12(8-10-14)15-11-21-17(18)16(15)13-5-3-2-4-6-13/h5-8,27,30H,4,9-11H2,1-3H3;2-10H,11H2,1H3/t23-;/m0./s1. The number of carbonyl (C=O) groups is 2. The van der Waals surface area contributed by atoms with Crippen molar-refractivity contribution < 1.29 is 37.7 Å². The molecule has 5 heterocycles. The molecule has 1 atom stereocenters. The molecule has 2 N–H and O–H groups in total. The van der Waals surface area contributed by atoms with E-state index in [9.17, 15) is 33.0 Å². The first-order chi connectivity index (χ1) is 25.2. The molecule has 0 radical (unpaired) electrons. The molecule has 53 heavy (non-hydrogen) atoms. The van der Waals surface area contributed by atoms with Crippen LogP contribution in [0, 0.1) is 0 Å². The van der Waals surface area contributed by atoms with Crippen molar-refractivity contribution in [2.45, 2.75) is 43.5 Å². The summed E-state index contributed by atoms with van der Waals surface area (Å²) < 4.78 is 34.9. The third-order valence-corrected chi connectivity index (χ3v) is 10.9. The van der Waals surface area contributed by atoms with Crippen LogP contribution in [-0.4, -0.2) is 72.0 Å². The second-order valence-corrected chi connectivity index (χ2v) is 15.6. The summed E-state index contributed by atoms with van der Waals surface area (Å²) >= 11 is 0. The highest BCUT2D eigenvalue weighted by Gasteiger charge is 2.45. The number of nitrogens with zero attached hydrogens (tertiary/aromatic N) is 3. The van der Waals surface area contributed by atoms with Crippen LogP contribution in [0.15, 0.2) is 88.6 Å². The van der Waals surface area contributed by atoms with Gasteiger partial charge in [-0.1, -0.05) is 49.4 Å². The van der Waals surface area contributed by atoms with Gasteiger partial charge in [0, 0.05) is 40.5 Å². The lowest BCUT2D eigenvalue weighted by atomic mass is 9.86. The molecule has 13 heteroatoms. The Kier molecular flexibility index (Phi) is 9.05. The number of fused-ring (bicyclic) bond motifs is 5. The van der Waals surface area contributed by atoms with E-state index in [0.29, 0.717) is 46.7 Å². The number of phenolic OH excluding ortho intramolecular Hbond substituents is 1. The molecule has 0 spiro atoms. The molecule has 2 aromatic heterocycles. The lowest BCUT2D eigenvalue weighted by Gasteiger charge is -2.31. The Labute approximate surface area is 305 Å². The second kappa shape index (κ2) is 13.4. The largest absolute Gasteiger partial charge is 0.508 e. The highest BCUT2D eigenvalue weighted by Crippen LogP contribution is 2.40. The average Bonchev–Trinajstić information content (AvgIpc) is 3.71. The van der Waals surface area contributed by atoms with E-state index in [1.807, 2.05) is 55.4 Å². The van der Waals surface area contributed by atoms with Gasteiger partial charge in [0.05, 0.1) is 39.5 Å². The van der Waals surface area contributed by atoms with Crippen molar-refractivity contribution in [2.24, 2.45) is 0 Å². The van der Waals surface area contributed by atoms with Gasteiger partial charge >= 0.3 is 11.9 Å². The Morgan fingerprint density at radius 3 is 2.30 bits per heavy atom. The van der Waals surface area contributed by atoms with E-state index in [4.69, 9.17) is 14.5 Å². The number of benzene rings is 3. The van der Waals surface area contributed by atoms with E-state index < -0.39 is 21.4 Å². The Morgan fingerprint density at radius 1 is 0.925 bits per heavy atom. The van der Waals surface area contributed by atoms with Crippen LogP contribution in [0.25, 0.3) is 33.4 Å². The summed E-state index contributed by atoms with van der Waals surface area (Å²) in [6.07, 6.45) is 1.27. The molecular formula is C40H37N3O9S. The molecule has 0 fully saturated rings. The first-order valence-electron chi connectivity index (χ1n) is 16.9. The molecule has 3 aromatic carbocycles. The van der Waals surface area contributed by atoms with Crippen LogP contribution in [0.5, 0.6) is 5.75 Å². The first kappa shape index (κ1) is 35.8. The highest BCUT2D eigenvalue weighted by molar-refractivity contribution is 7.90. The van der Waals surface area contributed by atoms with Gasteiger partial charge in [-0.3, -0.25) is 4.79 Å². The number of pyridine rings is 2. The van der Waals surface area contributed by atoms with Gasteiger partial charge in [-0.15, -0.1) is 0 Å². The van der Waals surface area contributed by atoms with Gasteiger partial charge in [0.2, 0.25) is 0 Å². The number of phenols is 1. The normalized spacial score (nSPS) is 17.5. The summed E-state index contributed by atoms with van der Waals surface area (Å²) in [4.78, 5) is 44.5. The van der Waals surface area contributed by atoms with E-state index in [1.54, 1.807) is 54.0 Å². The maximum Gasteiger partial charge on any atom is 0.343 e. The molecule has 12 nitrogen and oxygen atoms in total. The smallest absolute Gasteiger partial charge is 0.343 e. The van der Waals surface area contributed by atoms with Gasteiger partial charge in [-0.05, 0) is 68.0 Å². The van der Waals surface area contributed by atoms with Crippen LogP contribution in [0.4, 0.5) is 0 Å². The van der Waals surface area contributed by atoms with Crippen molar-refractivity contribution in [2.75, 3.05) is 27.0 Å². The predicted octanol–water partition coefficient (Wildman–Crippen LogP) is 4.40. The lowest BCUT2D eigenvalue weighted by molar-refractivity contribution is -0.172. The van der Waals surface area contributed by atoms with Crippen molar-refractivity contribution in [1.29, 1.82) is 0 Å². The Bertz CT molecular complexity index is 2530. The summed E-state index contributed by atoms with van der Waals surface area (Å²) in [7, 11) is 0.622. The van der Waals surface area contributed by atoms with E-state index in [2.05, 4.69) is 0 Å². The number of sulfone groups is 1. The third kappa shape index (κ3) is 6.30. The van der Waals surface area contributed by atoms with Crippen LogP contribution in [0.1, 0.15) is 46.7 Å². The van der Waals surface area contributed by atoms with Crippen molar-refractivity contribution >= 4 is 43.8 Å². The second-order valence-electron chi connectivity index (χ2n) is 13.6. The minimum atomic E-state index is -3.23. The highest BCUT2D eigenvalue weighted by atomic mass is 32.2. The minimum Gasteiger partial charge on any atom is -0.508 e. The molecule has 0 saturated carbocycles. The van der Waals surface area contributed by atoms with Crippen LogP contribution in [0.2, 0.25) is 0 Å². The molecular weight excluding hydrogens is 699 g/mol. The quantitative estimate of drug-likeness (QED) is 0.233. The number of aromatic hydroxyl groups is 1. The Morgan fingerprint density at radius 2 is 1.64 bits per heavy atom. The zero-order valence-electron chi connectivity index (χ0n) is 29.5. The number of aromatic nitrogens is 2. The van der Waals surface area contributed by atoms with E-state index in [-0.39, 0.29) is 41.8 Å². The van der Waals surface area contributed by atoms with Crippen molar-refractivity contribution in [3.05, 3.63) is 123 Å². The van der Waals surface area contributed by atoms with Gasteiger partial charge in [0.1, 0.15) is 19.0 Å². The van der Waals surface area contributed by atoms with Crippen molar-refractivity contribution in [3.63, 3.8) is 0 Å². The molecule has 3 aliphatic heterocycles. The van der Waals surface area contributed by atoms with Crippen LogP contribution in [-0.2, 0) is 54.2 Å². The molecule has 0 bridgehead atoms.